The molecule has 0 saturated carbocycles. The zero-order valence-corrected chi connectivity index (χ0v) is 10.9. The second-order valence-electron chi connectivity index (χ2n) is 3.82. The molecule has 1 aromatic carbocycles. The maximum absolute atomic E-state index is 11.9. The van der Waals surface area contributed by atoms with E-state index in [1.54, 1.807) is 36.5 Å². The van der Waals surface area contributed by atoms with Crippen LogP contribution in [0, 0.1) is 0 Å². The van der Waals surface area contributed by atoms with Gasteiger partial charge in [0.1, 0.15) is 11.3 Å². The third-order valence-electron chi connectivity index (χ3n) is 2.50. The molecule has 1 heterocycles. The molecule has 3 N–H and O–H groups in total. The summed E-state index contributed by atoms with van der Waals surface area (Å²) < 4.78 is 0. The van der Waals surface area contributed by atoms with Gasteiger partial charge in [0.15, 0.2) is 0 Å². The molecular formula is C13H12N4OS. The zero-order chi connectivity index (χ0) is 13.7. The van der Waals surface area contributed by atoms with Gasteiger partial charge >= 0.3 is 0 Å². The summed E-state index contributed by atoms with van der Waals surface area (Å²) >= 11 is 4.85. The van der Waals surface area contributed by atoms with Crippen molar-refractivity contribution in [2.24, 2.45) is 5.73 Å². The molecule has 6 heteroatoms. The average molecular weight is 272 g/mol. The number of hydrogen-bond donors (Lipinski definition) is 2. The first-order chi connectivity index (χ1) is 9.16. The Labute approximate surface area is 115 Å². The molecule has 96 valence electrons. The Morgan fingerprint density at radius 2 is 1.89 bits per heavy atom. The molecule has 0 unspecified atom stereocenters. The molecule has 0 aliphatic carbocycles. The fraction of sp³-hybridized carbons (Fsp3) is 0.0769. The Balaban J connectivity index is 1.98. The summed E-state index contributed by atoms with van der Waals surface area (Å²) in [5.41, 5.74) is 7.53. The molecule has 0 aliphatic heterocycles. The number of aromatic nitrogens is 2. The van der Waals surface area contributed by atoms with Crippen molar-refractivity contribution in [2.75, 3.05) is 0 Å². The molecule has 0 saturated heterocycles. The molecule has 2 rings (SSSR count). The fourth-order valence-corrected chi connectivity index (χ4v) is 1.62. The van der Waals surface area contributed by atoms with Gasteiger partial charge < -0.3 is 11.1 Å². The SMILES string of the molecule is NC(=S)c1ccc(C(=O)NCc2ccncn2)cc1. The van der Waals surface area contributed by atoms with Crippen LogP contribution in [0.15, 0.2) is 42.9 Å². The van der Waals surface area contributed by atoms with Crippen LogP contribution >= 0.6 is 12.2 Å². The molecule has 0 radical (unpaired) electrons. The number of hydrogen-bond acceptors (Lipinski definition) is 4. The topological polar surface area (TPSA) is 80.9 Å². The lowest BCUT2D eigenvalue weighted by Gasteiger charge is -2.05. The van der Waals surface area contributed by atoms with Crippen molar-refractivity contribution in [2.45, 2.75) is 6.54 Å². The van der Waals surface area contributed by atoms with E-state index < -0.39 is 0 Å². The number of rotatable bonds is 4. The van der Waals surface area contributed by atoms with Crippen molar-refractivity contribution in [3.8, 4) is 0 Å². The minimum absolute atomic E-state index is 0.173. The molecule has 5 nitrogen and oxygen atoms in total. The van der Waals surface area contributed by atoms with Gasteiger partial charge in [-0.15, -0.1) is 0 Å². The van der Waals surface area contributed by atoms with Crippen LogP contribution in [-0.4, -0.2) is 20.9 Å². The highest BCUT2D eigenvalue weighted by Gasteiger charge is 2.06. The van der Waals surface area contributed by atoms with Crippen LogP contribution in [-0.2, 0) is 6.54 Å². The Morgan fingerprint density at radius 1 is 1.21 bits per heavy atom. The van der Waals surface area contributed by atoms with Crippen LogP contribution in [0.25, 0.3) is 0 Å². The lowest BCUT2D eigenvalue weighted by Crippen LogP contribution is -2.23. The minimum atomic E-state index is -0.173. The van der Waals surface area contributed by atoms with Gasteiger partial charge in [0, 0.05) is 17.3 Å². The van der Waals surface area contributed by atoms with Crippen molar-refractivity contribution in [1.29, 1.82) is 0 Å². The highest BCUT2D eigenvalue weighted by molar-refractivity contribution is 7.80. The van der Waals surface area contributed by atoms with Crippen molar-refractivity contribution < 1.29 is 4.79 Å². The molecule has 0 bridgehead atoms. The smallest absolute Gasteiger partial charge is 0.251 e. The molecular weight excluding hydrogens is 260 g/mol. The summed E-state index contributed by atoms with van der Waals surface area (Å²) in [6.07, 6.45) is 3.07. The van der Waals surface area contributed by atoms with E-state index in [1.165, 1.54) is 6.33 Å². The first-order valence-corrected chi connectivity index (χ1v) is 6.00. The van der Waals surface area contributed by atoms with E-state index in [0.29, 0.717) is 17.1 Å². The molecule has 0 atom stereocenters. The summed E-state index contributed by atoms with van der Waals surface area (Å²) in [6.45, 7) is 0.360. The molecule has 19 heavy (non-hydrogen) atoms. The number of carbonyl (C=O) groups is 1. The Kier molecular flexibility index (Phi) is 4.15. The van der Waals surface area contributed by atoms with Crippen molar-refractivity contribution in [3.63, 3.8) is 0 Å². The normalized spacial score (nSPS) is 9.89. The third kappa shape index (κ3) is 3.56. The Hall–Kier alpha value is -2.34. The zero-order valence-electron chi connectivity index (χ0n) is 10.0. The predicted molar refractivity (Wildman–Crippen MR) is 75.5 cm³/mol. The summed E-state index contributed by atoms with van der Waals surface area (Å²) in [5, 5.41) is 2.77. The van der Waals surface area contributed by atoms with Gasteiger partial charge in [0.2, 0.25) is 0 Å². The standard InChI is InChI=1S/C13H12N4OS/c14-12(19)9-1-3-10(4-2-9)13(18)16-7-11-5-6-15-8-17-11/h1-6,8H,7H2,(H2,14,19)(H,16,18). The van der Waals surface area contributed by atoms with Crippen LogP contribution in [0.3, 0.4) is 0 Å². The maximum atomic E-state index is 11.9. The number of carbonyl (C=O) groups excluding carboxylic acids is 1. The van der Waals surface area contributed by atoms with Crippen LogP contribution in [0.4, 0.5) is 0 Å². The number of benzene rings is 1. The number of thiocarbonyl (C=S) groups is 1. The molecule has 1 amide bonds. The number of nitrogens with zero attached hydrogens (tertiary/aromatic N) is 2. The summed E-state index contributed by atoms with van der Waals surface area (Å²) in [6, 6.07) is 8.56. The van der Waals surface area contributed by atoms with E-state index in [9.17, 15) is 4.79 Å². The van der Waals surface area contributed by atoms with Gasteiger partial charge in [-0.05, 0) is 18.2 Å². The third-order valence-corrected chi connectivity index (χ3v) is 2.74. The van der Waals surface area contributed by atoms with Gasteiger partial charge in [0.25, 0.3) is 5.91 Å². The highest BCUT2D eigenvalue weighted by Crippen LogP contribution is 2.04. The molecule has 2 aromatic rings. The van der Waals surface area contributed by atoms with E-state index in [-0.39, 0.29) is 5.91 Å². The summed E-state index contributed by atoms with van der Waals surface area (Å²) in [5.74, 6) is -0.173. The number of nitrogens with two attached hydrogens (primary N) is 1. The lowest BCUT2D eigenvalue weighted by atomic mass is 10.1. The van der Waals surface area contributed by atoms with Gasteiger partial charge in [-0.3, -0.25) is 4.79 Å². The fourth-order valence-electron chi connectivity index (χ4n) is 1.48. The van der Waals surface area contributed by atoms with Crippen LogP contribution in [0.2, 0.25) is 0 Å². The molecule has 1 aromatic heterocycles. The largest absolute Gasteiger partial charge is 0.389 e. The quantitative estimate of drug-likeness (QED) is 0.813. The van der Waals surface area contributed by atoms with Crippen molar-refractivity contribution in [1.82, 2.24) is 15.3 Å². The maximum Gasteiger partial charge on any atom is 0.251 e. The number of nitrogens with one attached hydrogen (secondary N) is 1. The molecule has 0 aliphatic rings. The van der Waals surface area contributed by atoms with E-state index in [4.69, 9.17) is 18.0 Å². The van der Waals surface area contributed by atoms with Gasteiger partial charge in [-0.2, -0.15) is 0 Å². The summed E-state index contributed by atoms with van der Waals surface area (Å²) in [7, 11) is 0. The average Bonchev–Trinajstić information content (AvgIpc) is 2.46. The first kappa shape index (κ1) is 13.1. The molecule has 0 spiro atoms. The van der Waals surface area contributed by atoms with Crippen LogP contribution in [0.5, 0.6) is 0 Å². The van der Waals surface area contributed by atoms with Gasteiger partial charge in [-0.1, -0.05) is 24.4 Å². The lowest BCUT2D eigenvalue weighted by molar-refractivity contribution is 0.0950. The first-order valence-electron chi connectivity index (χ1n) is 5.60. The number of amides is 1. The highest BCUT2D eigenvalue weighted by atomic mass is 32.1. The van der Waals surface area contributed by atoms with Crippen molar-refractivity contribution >= 4 is 23.1 Å². The Morgan fingerprint density at radius 3 is 2.47 bits per heavy atom. The predicted octanol–water partition coefficient (Wildman–Crippen LogP) is 1.04. The molecule has 0 fully saturated rings. The van der Waals surface area contributed by atoms with Crippen LogP contribution < -0.4 is 11.1 Å². The summed E-state index contributed by atoms with van der Waals surface area (Å²) in [4.78, 5) is 20.0. The van der Waals surface area contributed by atoms with Gasteiger partial charge in [-0.25, -0.2) is 9.97 Å². The van der Waals surface area contributed by atoms with Gasteiger partial charge in [0.05, 0.1) is 12.2 Å². The van der Waals surface area contributed by atoms with E-state index in [1.807, 2.05) is 0 Å². The second kappa shape index (κ2) is 6.01. The van der Waals surface area contributed by atoms with Crippen molar-refractivity contribution in [3.05, 3.63) is 59.7 Å². The minimum Gasteiger partial charge on any atom is -0.389 e. The monoisotopic (exact) mass is 272 g/mol. The van der Waals surface area contributed by atoms with Crippen LogP contribution in [0.1, 0.15) is 21.6 Å². The van der Waals surface area contributed by atoms with E-state index >= 15 is 0 Å². The second-order valence-corrected chi connectivity index (χ2v) is 4.26. The van der Waals surface area contributed by atoms with E-state index in [0.717, 1.165) is 11.3 Å². The van der Waals surface area contributed by atoms with E-state index in [2.05, 4.69) is 15.3 Å². The Bertz CT molecular complexity index is 583.